The Morgan fingerprint density at radius 3 is 3.07 bits per heavy atom. The summed E-state index contributed by atoms with van der Waals surface area (Å²) in [5, 5.41) is 8.83. The molecule has 5 heteroatoms. The lowest BCUT2D eigenvalue weighted by Gasteiger charge is -2.15. The van der Waals surface area contributed by atoms with Gasteiger partial charge in [-0.1, -0.05) is 0 Å². The molecule has 1 aliphatic carbocycles. The number of aromatic nitrogens is 2. The van der Waals surface area contributed by atoms with Crippen LogP contribution in [0.15, 0.2) is 12.4 Å². The van der Waals surface area contributed by atoms with Crippen molar-refractivity contribution in [2.24, 2.45) is 5.92 Å². The van der Waals surface area contributed by atoms with Gasteiger partial charge in [-0.25, -0.2) is 9.78 Å². The molecule has 0 N–H and O–H groups in total. The fourth-order valence-electron chi connectivity index (χ4n) is 1.69. The number of carbonyl (C=O) groups excluding carboxylic acids is 1. The molecule has 0 aromatic carbocycles. The van der Waals surface area contributed by atoms with Crippen molar-refractivity contribution >= 4 is 5.97 Å². The Morgan fingerprint density at radius 2 is 2.53 bits per heavy atom. The van der Waals surface area contributed by atoms with E-state index < -0.39 is 0 Å². The van der Waals surface area contributed by atoms with Crippen LogP contribution >= 0.6 is 0 Å². The third-order valence-corrected chi connectivity index (χ3v) is 2.58. The van der Waals surface area contributed by atoms with E-state index >= 15 is 0 Å². The average Bonchev–Trinajstić information content (AvgIpc) is 2.96. The summed E-state index contributed by atoms with van der Waals surface area (Å²) in [4.78, 5) is 15.5. The van der Waals surface area contributed by atoms with Crippen molar-refractivity contribution in [2.75, 3.05) is 7.11 Å². The standard InChI is InChI=1S/C10H11N3O2/c1-15-10(14)9(7-2-3-7)13-5-4-12-8(13)6-11/h4-5,7,9H,2-3H2,1H3. The van der Waals surface area contributed by atoms with Gasteiger partial charge >= 0.3 is 5.97 Å². The fourth-order valence-corrected chi connectivity index (χ4v) is 1.69. The predicted molar refractivity (Wildman–Crippen MR) is 50.7 cm³/mol. The number of nitrogens with zero attached hydrogens (tertiary/aromatic N) is 3. The van der Waals surface area contributed by atoms with E-state index in [-0.39, 0.29) is 17.8 Å². The van der Waals surface area contributed by atoms with Gasteiger partial charge < -0.3 is 9.30 Å². The second kappa shape index (κ2) is 3.73. The van der Waals surface area contributed by atoms with Gasteiger partial charge in [0.15, 0.2) is 0 Å². The van der Waals surface area contributed by atoms with Crippen molar-refractivity contribution in [3.8, 4) is 6.07 Å². The molecule has 0 amide bonds. The molecular weight excluding hydrogens is 194 g/mol. The number of hydrogen-bond donors (Lipinski definition) is 0. The van der Waals surface area contributed by atoms with Crippen LogP contribution in [0.1, 0.15) is 24.7 Å². The predicted octanol–water partition coefficient (Wildman–Crippen LogP) is 0.879. The highest BCUT2D eigenvalue weighted by atomic mass is 16.5. The summed E-state index contributed by atoms with van der Waals surface area (Å²) in [5.41, 5.74) is 0. The van der Waals surface area contributed by atoms with E-state index in [0.717, 1.165) is 12.8 Å². The third-order valence-electron chi connectivity index (χ3n) is 2.58. The quantitative estimate of drug-likeness (QED) is 0.687. The van der Waals surface area contributed by atoms with E-state index in [9.17, 15) is 4.79 Å². The van der Waals surface area contributed by atoms with Gasteiger partial charge in [-0.3, -0.25) is 0 Å². The second-order valence-electron chi connectivity index (χ2n) is 3.58. The van der Waals surface area contributed by atoms with Gasteiger partial charge in [0.1, 0.15) is 12.1 Å². The van der Waals surface area contributed by atoms with Gasteiger partial charge in [0.05, 0.1) is 7.11 Å². The van der Waals surface area contributed by atoms with Crippen LogP contribution in [-0.4, -0.2) is 22.6 Å². The minimum atomic E-state index is -0.382. The van der Waals surface area contributed by atoms with Crippen molar-refractivity contribution in [2.45, 2.75) is 18.9 Å². The van der Waals surface area contributed by atoms with Crippen molar-refractivity contribution in [1.29, 1.82) is 5.26 Å². The van der Waals surface area contributed by atoms with Gasteiger partial charge in [-0.05, 0) is 18.8 Å². The Labute approximate surface area is 87.3 Å². The van der Waals surface area contributed by atoms with Gasteiger partial charge in [0.25, 0.3) is 0 Å². The lowest BCUT2D eigenvalue weighted by Crippen LogP contribution is -2.23. The largest absolute Gasteiger partial charge is 0.467 e. The minimum Gasteiger partial charge on any atom is -0.467 e. The molecular formula is C10H11N3O2. The molecule has 1 atom stereocenters. The Balaban J connectivity index is 2.32. The van der Waals surface area contributed by atoms with E-state index in [1.54, 1.807) is 10.8 Å². The monoisotopic (exact) mass is 205 g/mol. The lowest BCUT2D eigenvalue weighted by atomic mass is 10.2. The number of imidazole rings is 1. The number of methoxy groups -OCH3 is 1. The molecule has 1 saturated carbocycles. The molecule has 1 heterocycles. The zero-order valence-electron chi connectivity index (χ0n) is 8.38. The SMILES string of the molecule is COC(=O)C(C1CC1)n1ccnc1C#N. The molecule has 0 bridgehead atoms. The highest BCUT2D eigenvalue weighted by Crippen LogP contribution is 2.40. The molecule has 1 unspecified atom stereocenters. The Bertz CT molecular complexity index is 415. The van der Waals surface area contributed by atoms with Gasteiger partial charge in [-0.15, -0.1) is 0 Å². The molecule has 78 valence electrons. The zero-order chi connectivity index (χ0) is 10.8. The molecule has 0 spiro atoms. The first-order valence-corrected chi connectivity index (χ1v) is 4.78. The van der Waals surface area contributed by atoms with Crippen LogP contribution in [0.25, 0.3) is 0 Å². The van der Waals surface area contributed by atoms with Crippen LogP contribution in [-0.2, 0) is 9.53 Å². The van der Waals surface area contributed by atoms with Gasteiger partial charge in [0, 0.05) is 12.4 Å². The molecule has 15 heavy (non-hydrogen) atoms. The molecule has 1 aliphatic rings. The van der Waals surface area contributed by atoms with Crippen molar-refractivity contribution in [3.63, 3.8) is 0 Å². The minimum absolute atomic E-state index is 0.261. The summed E-state index contributed by atoms with van der Waals surface area (Å²) >= 11 is 0. The van der Waals surface area contributed by atoms with Crippen LogP contribution in [0.2, 0.25) is 0 Å². The molecule has 2 rings (SSSR count). The summed E-state index contributed by atoms with van der Waals surface area (Å²) in [6.45, 7) is 0. The highest BCUT2D eigenvalue weighted by Gasteiger charge is 2.39. The van der Waals surface area contributed by atoms with Crippen LogP contribution in [0.4, 0.5) is 0 Å². The van der Waals surface area contributed by atoms with Crippen LogP contribution in [0, 0.1) is 17.2 Å². The number of carbonyl (C=O) groups is 1. The van der Waals surface area contributed by atoms with E-state index in [0.29, 0.717) is 5.92 Å². The fraction of sp³-hybridized carbons (Fsp3) is 0.500. The van der Waals surface area contributed by atoms with Gasteiger partial charge in [0.2, 0.25) is 5.82 Å². The Morgan fingerprint density at radius 1 is 1.80 bits per heavy atom. The maximum absolute atomic E-state index is 11.6. The van der Waals surface area contributed by atoms with E-state index in [2.05, 4.69) is 4.98 Å². The van der Waals surface area contributed by atoms with E-state index in [4.69, 9.17) is 10.00 Å². The average molecular weight is 205 g/mol. The molecule has 1 aromatic rings. The van der Waals surface area contributed by atoms with Crippen LogP contribution in [0.5, 0.6) is 0 Å². The smallest absolute Gasteiger partial charge is 0.329 e. The van der Waals surface area contributed by atoms with E-state index in [1.165, 1.54) is 13.3 Å². The summed E-state index contributed by atoms with van der Waals surface area (Å²) in [7, 11) is 1.36. The van der Waals surface area contributed by atoms with Crippen LogP contribution < -0.4 is 0 Å². The number of nitriles is 1. The molecule has 1 fully saturated rings. The Hall–Kier alpha value is -1.83. The second-order valence-corrected chi connectivity index (χ2v) is 3.58. The molecule has 0 saturated heterocycles. The first-order chi connectivity index (χ1) is 7.27. The Kier molecular flexibility index (Phi) is 2.42. The number of ether oxygens (including phenoxy) is 1. The van der Waals surface area contributed by atoms with Gasteiger partial charge in [-0.2, -0.15) is 5.26 Å². The van der Waals surface area contributed by atoms with Crippen LogP contribution in [0.3, 0.4) is 0 Å². The molecule has 5 nitrogen and oxygen atoms in total. The number of hydrogen-bond acceptors (Lipinski definition) is 4. The molecule has 1 aromatic heterocycles. The van der Waals surface area contributed by atoms with E-state index in [1.807, 2.05) is 6.07 Å². The first kappa shape index (κ1) is 9.71. The van der Waals surface area contributed by atoms with Crippen molar-refractivity contribution < 1.29 is 9.53 Å². The normalized spacial score (nSPS) is 16.8. The molecule has 0 radical (unpaired) electrons. The van der Waals surface area contributed by atoms with Crippen molar-refractivity contribution in [3.05, 3.63) is 18.2 Å². The summed E-state index contributed by atoms with van der Waals surface area (Å²) in [5.74, 6) is 0.253. The summed E-state index contributed by atoms with van der Waals surface area (Å²) in [6.07, 6.45) is 5.18. The summed E-state index contributed by atoms with van der Waals surface area (Å²) in [6, 6.07) is 1.58. The molecule has 0 aliphatic heterocycles. The van der Waals surface area contributed by atoms with Crippen molar-refractivity contribution in [1.82, 2.24) is 9.55 Å². The number of esters is 1. The summed E-state index contributed by atoms with van der Waals surface area (Å²) < 4.78 is 6.34. The highest BCUT2D eigenvalue weighted by molar-refractivity contribution is 5.75. The number of rotatable bonds is 3. The first-order valence-electron chi connectivity index (χ1n) is 4.78. The zero-order valence-corrected chi connectivity index (χ0v) is 8.38. The maximum Gasteiger partial charge on any atom is 0.329 e. The third kappa shape index (κ3) is 1.71. The lowest BCUT2D eigenvalue weighted by molar-refractivity contribution is -0.145. The maximum atomic E-state index is 11.6. The topological polar surface area (TPSA) is 67.9 Å².